The number of aromatic nitrogens is 2. The Morgan fingerprint density at radius 1 is 1.33 bits per heavy atom. The highest BCUT2D eigenvalue weighted by Gasteiger charge is 2.23. The van der Waals surface area contributed by atoms with Gasteiger partial charge < -0.3 is 4.90 Å². The molecule has 0 aromatic carbocycles. The first-order valence-corrected chi connectivity index (χ1v) is 6.78. The molecule has 4 nitrogen and oxygen atoms in total. The molecule has 1 amide bonds. The van der Waals surface area contributed by atoms with E-state index in [1.807, 2.05) is 18.1 Å². The van der Waals surface area contributed by atoms with Crippen molar-refractivity contribution < 1.29 is 4.79 Å². The van der Waals surface area contributed by atoms with Gasteiger partial charge in [0.05, 0.1) is 12.6 Å². The Bertz CT molecular complexity index is 376. The Labute approximate surface area is 110 Å². The first-order chi connectivity index (χ1) is 8.49. The molecule has 4 heteroatoms. The smallest absolute Gasteiger partial charge is 0.227 e. The first kappa shape index (κ1) is 14.7. The van der Waals surface area contributed by atoms with Gasteiger partial charge in [0, 0.05) is 25.3 Å². The van der Waals surface area contributed by atoms with Gasteiger partial charge in [-0.1, -0.05) is 13.8 Å². The summed E-state index contributed by atoms with van der Waals surface area (Å²) in [7, 11) is 1.87. The van der Waals surface area contributed by atoms with Crippen LogP contribution in [0.3, 0.4) is 0 Å². The van der Waals surface area contributed by atoms with Crippen molar-refractivity contribution in [1.29, 1.82) is 0 Å². The van der Waals surface area contributed by atoms with Gasteiger partial charge in [-0.15, -0.1) is 0 Å². The zero-order valence-electron chi connectivity index (χ0n) is 12.2. The molecule has 0 unspecified atom stereocenters. The molecule has 0 fully saturated rings. The van der Waals surface area contributed by atoms with Gasteiger partial charge in [-0.05, 0) is 32.3 Å². The van der Waals surface area contributed by atoms with Crippen LogP contribution in [0.4, 0.5) is 0 Å². The van der Waals surface area contributed by atoms with E-state index in [4.69, 9.17) is 0 Å². The average molecular weight is 251 g/mol. The number of hydrogen-bond acceptors (Lipinski definition) is 2. The van der Waals surface area contributed by atoms with E-state index in [0.29, 0.717) is 18.5 Å². The summed E-state index contributed by atoms with van der Waals surface area (Å²) in [5, 5.41) is 4.10. The molecule has 0 N–H and O–H groups in total. The number of amides is 1. The predicted octanol–water partition coefficient (Wildman–Crippen LogP) is 2.39. The van der Waals surface area contributed by atoms with Gasteiger partial charge in [0.15, 0.2) is 0 Å². The molecule has 102 valence electrons. The maximum absolute atomic E-state index is 12.4. The minimum absolute atomic E-state index is 0.201. The normalized spacial score (nSPS) is 14.3. The summed E-state index contributed by atoms with van der Waals surface area (Å²) < 4.78 is 1.74. The fourth-order valence-corrected chi connectivity index (χ4v) is 2.15. The van der Waals surface area contributed by atoms with Crippen LogP contribution in [0.1, 0.15) is 46.1 Å². The second kappa shape index (κ2) is 6.57. The molecule has 0 saturated heterocycles. The van der Waals surface area contributed by atoms with Crippen LogP contribution in [0.5, 0.6) is 0 Å². The van der Waals surface area contributed by atoms with Crippen LogP contribution in [0, 0.1) is 0 Å². The highest BCUT2D eigenvalue weighted by Crippen LogP contribution is 2.14. The van der Waals surface area contributed by atoms with Crippen LogP contribution in [-0.4, -0.2) is 32.7 Å². The molecule has 0 saturated carbocycles. The van der Waals surface area contributed by atoms with Crippen LogP contribution in [0.25, 0.3) is 0 Å². The Morgan fingerprint density at radius 2 is 1.89 bits per heavy atom. The van der Waals surface area contributed by atoms with E-state index in [9.17, 15) is 4.79 Å². The summed E-state index contributed by atoms with van der Waals surface area (Å²) in [4.78, 5) is 14.4. The van der Waals surface area contributed by atoms with Gasteiger partial charge in [0.1, 0.15) is 0 Å². The highest BCUT2D eigenvalue weighted by atomic mass is 16.2. The SMILES string of the molecule is CC[C@@H](C)N(C(=O)Cc1cnn(C)c1)[C@H](C)CC. The van der Waals surface area contributed by atoms with E-state index in [1.165, 1.54) is 0 Å². The van der Waals surface area contributed by atoms with Crippen molar-refractivity contribution in [1.82, 2.24) is 14.7 Å². The molecular weight excluding hydrogens is 226 g/mol. The largest absolute Gasteiger partial charge is 0.337 e. The van der Waals surface area contributed by atoms with Crippen molar-refractivity contribution in [3.63, 3.8) is 0 Å². The number of carbonyl (C=O) groups is 1. The Kier molecular flexibility index (Phi) is 5.38. The molecule has 0 aliphatic heterocycles. The summed E-state index contributed by atoms with van der Waals surface area (Å²) in [6, 6.07) is 0.591. The van der Waals surface area contributed by atoms with Crippen molar-refractivity contribution in [3.05, 3.63) is 18.0 Å². The minimum Gasteiger partial charge on any atom is -0.337 e. The van der Waals surface area contributed by atoms with Crippen molar-refractivity contribution >= 4 is 5.91 Å². The zero-order chi connectivity index (χ0) is 13.7. The van der Waals surface area contributed by atoms with Gasteiger partial charge in [-0.3, -0.25) is 9.48 Å². The van der Waals surface area contributed by atoms with Crippen LogP contribution in [-0.2, 0) is 18.3 Å². The molecule has 0 radical (unpaired) electrons. The van der Waals surface area contributed by atoms with Crippen molar-refractivity contribution in [2.45, 2.75) is 59.0 Å². The number of carbonyl (C=O) groups excluding carboxylic acids is 1. The fraction of sp³-hybridized carbons (Fsp3) is 0.714. The molecule has 1 rings (SSSR count). The topological polar surface area (TPSA) is 38.1 Å². The van der Waals surface area contributed by atoms with E-state index >= 15 is 0 Å². The summed E-state index contributed by atoms with van der Waals surface area (Å²) in [6.45, 7) is 8.48. The fourth-order valence-electron chi connectivity index (χ4n) is 2.15. The van der Waals surface area contributed by atoms with Crippen LogP contribution in [0.2, 0.25) is 0 Å². The van der Waals surface area contributed by atoms with Crippen molar-refractivity contribution in [2.24, 2.45) is 7.05 Å². The third-order valence-corrected chi connectivity index (χ3v) is 3.53. The van der Waals surface area contributed by atoms with Gasteiger partial charge in [0.2, 0.25) is 5.91 Å². The summed E-state index contributed by atoms with van der Waals surface area (Å²) in [5.74, 6) is 0.201. The number of aryl methyl sites for hydroxylation is 1. The molecule has 0 spiro atoms. The van der Waals surface area contributed by atoms with E-state index in [-0.39, 0.29) is 5.91 Å². The van der Waals surface area contributed by atoms with Gasteiger partial charge in [0.25, 0.3) is 0 Å². The van der Waals surface area contributed by atoms with Gasteiger partial charge >= 0.3 is 0 Å². The second-order valence-electron chi connectivity index (χ2n) is 5.01. The molecule has 1 aromatic heterocycles. The third kappa shape index (κ3) is 3.59. The molecule has 1 heterocycles. The average Bonchev–Trinajstić information content (AvgIpc) is 2.74. The second-order valence-corrected chi connectivity index (χ2v) is 5.01. The van der Waals surface area contributed by atoms with Crippen LogP contribution in [0.15, 0.2) is 12.4 Å². The van der Waals surface area contributed by atoms with Crippen LogP contribution < -0.4 is 0 Å². The standard InChI is InChI=1S/C14H25N3O/c1-6-11(3)17(12(4)7-2)14(18)8-13-9-15-16(5)10-13/h9-12H,6-8H2,1-5H3/t11-,12-/m1/s1. The molecule has 0 aliphatic carbocycles. The Morgan fingerprint density at radius 3 is 2.28 bits per heavy atom. The van der Waals surface area contributed by atoms with Crippen LogP contribution >= 0.6 is 0 Å². The first-order valence-electron chi connectivity index (χ1n) is 6.78. The van der Waals surface area contributed by atoms with Gasteiger partial charge in [-0.25, -0.2) is 0 Å². The Hall–Kier alpha value is -1.32. The molecular formula is C14H25N3O. The van der Waals surface area contributed by atoms with E-state index < -0.39 is 0 Å². The summed E-state index contributed by atoms with van der Waals surface area (Å²) in [6.07, 6.45) is 6.10. The van der Waals surface area contributed by atoms with Crippen molar-refractivity contribution in [3.8, 4) is 0 Å². The zero-order valence-corrected chi connectivity index (χ0v) is 12.2. The Balaban J connectivity index is 2.76. The number of rotatable bonds is 6. The lowest BCUT2D eigenvalue weighted by Gasteiger charge is -2.34. The quantitative estimate of drug-likeness (QED) is 0.778. The van der Waals surface area contributed by atoms with Crippen molar-refractivity contribution in [2.75, 3.05) is 0 Å². The monoisotopic (exact) mass is 251 g/mol. The lowest BCUT2D eigenvalue weighted by Crippen LogP contribution is -2.45. The highest BCUT2D eigenvalue weighted by molar-refractivity contribution is 5.79. The minimum atomic E-state index is 0.201. The van der Waals surface area contributed by atoms with E-state index in [0.717, 1.165) is 18.4 Å². The lowest BCUT2D eigenvalue weighted by molar-refractivity contribution is -0.134. The number of nitrogens with zero attached hydrogens (tertiary/aromatic N) is 3. The molecule has 2 atom stereocenters. The molecule has 0 bridgehead atoms. The molecule has 1 aromatic rings. The van der Waals surface area contributed by atoms with Gasteiger partial charge in [-0.2, -0.15) is 5.10 Å². The third-order valence-electron chi connectivity index (χ3n) is 3.53. The number of hydrogen-bond donors (Lipinski definition) is 0. The molecule has 0 aliphatic rings. The maximum atomic E-state index is 12.4. The lowest BCUT2D eigenvalue weighted by atomic mass is 10.1. The summed E-state index contributed by atoms with van der Waals surface area (Å²) in [5.41, 5.74) is 0.985. The maximum Gasteiger partial charge on any atom is 0.227 e. The molecule has 18 heavy (non-hydrogen) atoms. The van der Waals surface area contributed by atoms with E-state index in [2.05, 4.69) is 32.8 Å². The van der Waals surface area contributed by atoms with E-state index in [1.54, 1.807) is 10.9 Å². The predicted molar refractivity (Wildman–Crippen MR) is 73.3 cm³/mol. The summed E-state index contributed by atoms with van der Waals surface area (Å²) >= 11 is 0.